The van der Waals surface area contributed by atoms with Gasteiger partial charge in [-0.2, -0.15) is 0 Å². The number of aromatic nitrogens is 2. The van der Waals surface area contributed by atoms with Crippen LogP contribution in [0.4, 0.5) is 5.69 Å². The molecule has 0 radical (unpaired) electrons. The molecule has 3 N–H and O–H groups in total. The van der Waals surface area contributed by atoms with Gasteiger partial charge in [0, 0.05) is 24.6 Å². The van der Waals surface area contributed by atoms with Crippen LogP contribution >= 0.6 is 0 Å². The summed E-state index contributed by atoms with van der Waals surface area (Å²) in [5.74, 6) is -0.0642. The van der Waals surface area contributed by atoms with Gasteiger partial charge in [-0.25, -0.2) is 9.78 Å². The number of amides is 1. The normalized spacial score (nSPS) is 11.3. The Bertz CT molecular complexity index is 742. The first-order valence-electron chi connectivity index (χ1n) is 8.16. The Morgan fingerprint density at radius 3 is 2.67 bits per heavy atom. The van der Waals surface area contributed by atoms with Crippen LogP contribution < -0.4 is 16.7 Å². The Morgan fingerprint density at radius 2 is 2.04 bits per heavy atom. The first kappa shape index (κ1) is 17.9. The van der Waals surface area contributed by atoms with Crippen LogP contribution in [0.25, 0.3) is 0 Å². The van der Waals surface area contributed by atoms with Gasteiger partial charge < -0.3 is 11.1 Å². The number of hydrogen-bond donors (Lipinski definition) is 2. The zero-order chi connectivity index (χ0) is 17.6. The van der Waals surface area contributed by atoms with E-state index in [2.05, 4.69) is 10.3 Å². The topological polar surface area (TPSA) is 90.0 Å². The van der Waals surface area contributed by atoms with Gasteiger partial charge in [-0.3, -0.25) is 9.36 Å². The molecule has 0 aliphatic carbocycles. The summed E-state index contributed by atoms with van der Waals surface area (Å²) in [6.07, 6.45) is 4.54. The minimum Gasteiger partial charge on any atom is -0.329 e. The molecule has 0 atom stereocenters. The van der Waals surface area contributed by atoms with Crippen molar-refractivity contribution < 1.29 is 4.79 Å². The largest absolute Gasteiger partial charge is 0.347 e. The molecule has 128 valence electrons. The number of benzene rings is 1. The Hall–Kier alpha value is -2.47. The summed E-state index contributed by atoms with van der Waals surface area (Å²) in [7, 11) is 0. The van der Waals surface area contributed by atoms with E-state index >= 15 is 0 Å². The monoisotopic (exact) mass is 328 g/mol. The van der Waals surface area contributed by atoms with Crippen molar-refractivity contribution in [3.63, 3.8) is 0 Å². The Balaban J connectivity index is 2.17. The predicted octanol–water partition coefficient (Wildman–Crippen LogP) is 2.00. The van der Waals surface area contributed by atoms with Gasteiger partial charge in [0.15, 0.2) is 0 Å². The highest BCUT2D eigenvalue weighted by atomic mass is 16.2. The lowest BCUT2D eigenvalue weighted by Gasteiger charge is -2.28. The lowest BCUT2D eigenvalue weighted by Crippen LogP contribution is -2.41. The molecule has 1 amide bonds. The predicted molar refractivity (Wildman–Crippen MR) is 94.7 cm³/mol. The Labute approximate surface area is 141 Å². The lowest BCUT2D eigenvalue weighted by atomic mass is 9.81. The van der Waals surface area contributed by atoms with Crippen molar-refractivity contribution in [2.75, 3.05) is 11.9 Å². The molecular weight excluding hydrogens is 304 g/mol. The van der Waals surface area contributed by atoms with Gasteiger partial charge in [-0.15, -0.1) is 0 Å². The van der Waals surface area contributed by atoms with Crippen LogP contribution in [0.1, 0.15) is 32.3 Å². The molecule has 1 heterocycles. The molecule has 2 aromatic rings. The summed E-state index contributed by atoms with van der Waals surface area (Å²) in [6, 6.07) is 9.17. The number of carbonyl (C=O) groups is 1. The molecule has 24 heavy (non-hydrogen) atoms. The number of hydrogen-bond acceptors (Lipinski definition) is 4. The van der Waals surface area contributed by atoms with Crippen molar-refractivity contribution in [2.24, 2.45) is 11.1 Å². The first-order chi connectivity index (χ1) is 11.5. The molecule has 0 unspecified atom stereocenters. The maximum absolute atomic E-state index is 12.6. The van der Waals surface area contributed by atoms with Gasteiger partial charge in [-0.05, 0) is 36.6 Å². The second kappa shape index (κ2) is 7.88. The van der Waals surface area contributed by atoms with Crippen molar-refractivity contribution in [2.45, 2.75) is 33.2 Å². The van der Waals surface area contributed by atoms with Crippen LogP contribution in [0.2, 0.25) is 0 Å². The van der Waals surface area contributed by atoms with E-state index in [-0.39, 0.29) is 11.6 Å². The highest BCUT2D eigenvalue weighted by Crippen LogP contribution is 2.27. The van der Waals surface area contributed by atoms with Crippen LogP contribution in [0.3, 0.4) is 0 Å². The second-order valence-corrected chi connectivity index (χ2v) is 5.88. The number of carbonyl (C=O) groups excluding carboxylic acids is 1. The molecule has 0 aliphatic heterocycles. The summed E-state index contributed by atoms with van der Waals surface area (Å²) < 4.78 is 1.52. The maximum atomic E-state index is 12.6. The second-order valence-electron chi connectivity index (χ2n) is 5.88. The third-order valence-corrected chi connectivity index (χ3v) is 4.55. The number of nitrogens with two attached hydrogens (primary N) is 1. The Morgan fingerprint density at radius 1 is 1.29 bits per heavy atom. The molecule has 0 aliphatic rings. The summed E-state index contributed by atoms with van der Waals surface area (Å²) in [4.78, 5) is 28.0. The van der Waals surface area contributed by atoms with E-state index in [0.29, 0.717) is 31.6 Å². The summed E-state index contributed by atoms with van der Waals surface area (Å²) in [5.41, 5.74) is 6.60. The van der Waals surface area contributed by atoms with Crippen LogP contribution in [-0.2, 0) is 11.3 Å². The highest BCUT2D eigenvalue weighted by Gasteiger charge is 2.33. The van der Waals surface area contributed by atoms with E-state index in [1.807, 2.05) is 38.1 Å². The van der Waals surface area contributed by atoms with Crippen LogP contribution in [0.15, 0.2) is 47.5 Å². The van der Waals surface area contributed by atoms with Crippen molar-refractivity contribution in [1.29, 1.82) is 0 Å². The Kier molecular flexibility index (Phi) is 5.87. The molecule has 0 fully saturated rings. The van der Waals surface area contributed by atoms with E-state index < -0.39 is 5.41 Å². The van der Waals surface area contributed by atoms with E-state index in [0.717, 1.165) is 5.56 Å². The molecule has 2 rings (SSSR count). The van der Waals surface area contributed by atoms with Gasteiger partial charge in [0.05, 0.1) is 12.0 Å². The summed E-state index contributed by atoms with van der Waals surface area (Å²) in [6.45, 7) is 4.67. The minimum absolute atomic E-state index is 0.0642. The molecule has 0 spiro atoms. The van der Waals surface area contributed by atoms with Crippen molar-refractivity contribution in [3.05, 3.63) is 58.8 Å². The van der Waals surface area contributed by atoms with Crippen molar-refractivity contribution in [1.82, 2.24) is 9.55 Å². The molecule has 1 aromatic carbocycles. The van der Waals surface area contributed by atoms with E-state index in [1.165, 1.54) is 10.8 Å². The third-order valence-electron chi connectivity index (χ3n) is 4.55. The molecule has 0 saturated heterocycles. The van der Waals surface area contributed by atoms with E-state index in [9.17, 15) is 9.59 Å². The van der Waals surface area contributed by atoms with Crippen molar-refractivity contribution in [3.8, 4) is 0 Å². The molecule has 0 saturated carbocycles. The third kappa shape index (κ3) is 3.89. The number of nitrogens with one attached hydrogen (secondary N) is 1. The quantitative estimate of drug-likeness (QED) is 0.813. The van der Waals surface area contributed by atoms with Crippen LogP contribution in [0.5, 0.6) is 0 Å². The van der Waals surface area contributed by atoms with Gasteiger partial charge in [0.25, 0.3) is 0 Å². The van der Waals surface area contributed by atoms with Gasteiger partial charge in [0.1, 0.15) is 0 Å². The molecule has 1 aromatic heterocycles. The maximum Gasteiger partial charge on any atom is 0.347 e. The average Bonchev–Trinajstić information content (AvgIpc) is 2.59. The number of anilines is 1. The first-order valence-corrected chi connectivity index (χ1v) is 8.16. The van der Waals surface area contributed by atoms with Crippen LogP contribution in [0, 0.1) is 5.41 Å². The average molecular weight is 328 g/mol. The molecule has 6 heteroatoms. The van der Waals surface area contributed by atoms with E-state index in [1.54, 1.807) is 12.3 Å². The van der Waals surface area contributed by atoms with E-state index in [4.69, 9.17) is 5.73 Å². The number of rotatable bonds is 7. The standard InChI is InChI=1S/C18H24N4O2/c1-3-18(4-2,13-19)16(23)21-15-8-5-7-14(11-15)12-22-10-6-9-20-17(22)24/h5-11H,3-4,12-13,19H2,1-2H3,(H,21,23). The molecule has 6 nitrogen and oxygen atoms in total. The van der Waals surface area contributed by atoms with Crippen molar-refractivity contribution >= 4 is 11.6 Å². The fourth-order valence-corrected chi connectivity index (χ4v) is 2.67. The van der Waals surface area contributed by atoms with Gasteiger partial charge in [0.2, 0.25) is 5.91 Å². The van der Waals surface area contributed by atoms with Gasteiger partial charge >= 0.3 is 5.69 Å². The number of nitrogens with zero attached hydrogens (tertiary/aromatic N) is 2. The zero-order valence-corrected chi connectivity index (χ0v) is 14.2. The van der Waals surface area contributed by atoms with Crippen LogP contribution in [-0.4, -0.2) is 22.0 Å². The molecular formula is C18H24N4O2. The molecule has 0 bridgehead atoms. The summed E-state index contributed by atoms with van der Waals surface area (Å²) >= 11 is 0. The lowest BCUT2D eigenvalue weighted by molar-refractivity contribution is -0.125. The SMILES string of the molecule is CCC(CC)(CN)C(=O)Nc1cccc(Cn2cccnc2=O)c1. The summed E-state index contributed by atoms with van der Waals surface area (Å²) in [5, 5.41) is 2.95. The zero-order valence-electron chi connectivity index (χ0n) is 14.2. The fraction of sp³-hybridized carbons (Fsp3) is 0.389. The smallest absolute Gasteiger partial charge is 0.329 e. The highest BCUT2D eigenvalue weighted by molar-refractivity contribution is 5.95. The minimum atomic E-state index is -0.545. The fourth-order valence-electron chi connectivity index (χ4n) is 2.67. The van der Waals surface area contributed by atoms with Gasteiger partial charge in [-0.1, -0.05) is 26.0 Å².